The van der Waals surface area contributed by atoms with Crippen LogP contribution in [0.15, 0.2) is 12.1 Å². The van der Waals surface area contributed by atoms with Gasteiger partial charge in [0, 0.05) is 6.07 Å². The van der Waals surface area contributed by atoms with Crippen molar-refractivity contribution in [2.75, 3.05) is 5.73 Å². The Labute approximate surface area is 76.4 Å². The van der Waals surface area contributed by atoms with Gasteiger partial charge in [-0.05, 0) is 18.6 Å². The molecule has 1 rings (SSSR count). The highest BCUT2D eigenvalue weighted by Gasteiger charge is 1.99. The molecule has 0 spiro atoms. The second kappa shape index (κ2) is 3.69. The SMILES string of the molecule is Cc1cc(Cl)c(N)cc1O.Cl. The number of hydrogen-bond donors (Lipinski definition) is 2. The number of anilines is 1. The van der Waals surface area contributed by atoms with Gasteiger partial charge in [-0.1, -0.05) is 11.6 Å². The van der Waals surface area contributed by atoms with Crippen LogP contribution in [0.4, 0.5) is 5.69 Å². The van der Waals surface area contributed by atoms with Crippen LogP contribution in [0.25, 0.3) is 0 Å². The molecule has 0 saturated heterocycles. The van der Waals surface area contributed by atoms with E-state index in [0.29, 0.717) is 10.7 Å². The average Bonchev–Trinajstić information content (AvgIpc) is 1.84. The summed E-state index contributed by atoms with van der Waals surface area (Å²) < 4.78 is 0. The number of halogens is 2. The van der Waals surface area contributed by atoms with Gasteiger partial charge in [-0.15, -0.1) is 12.4 Å². The zero-order chi connectivity index (χ0) is 7.72. The van der Waals surface area contributed by atoms with Crippen LogP contribution in [0.3, 0.4) is 0 Å². The van der Waals surface area contributed by atoms with E-state index in [4.69, 9.17) is 22.4 Å². The maximum Gasteiger partial charge on any atom is 0.120 e. The average molecular weight is 194 g/mol. The lowest BCUT2D eigenvalue weighted by molar-refractivity contribution is 0.471. The molecule has 62 valence electrons. The second-order valence-electron chi connectivity index (χ2n) is 2.16. The van der Waals surface area contributed by atoms with Crippen molar-refractivity contribution < 1.29 is 5.11 Å². The van der Waals surface area contributed by atoms with Gasteiger partial charge in [-0.3, -0.25) is 0 Å². The summed E-state index contributed by atoms with van der Waals surface area (Å²) in [6.07, 6.45) is 0. The zero-order valence-electron chi connectivity index (χ0n) is 5.97. The highest BCUT2D eigenvalue weighted by Crippen LogP contribution is 2.26. The molecule has 0 unspecified atom stereocenters. The van der Waals surface area contributed by atoms with Crippen molar-refractivity contribution in [3.8, 4) is 5.75 Å². The van der Waals surface area contributed by atoms with Gasteiger partial charge in [0.1, 0.15) is 5.75 Å². The van der Waals surface area contributed by atoms with Crippen molar-refractivity contribution in [1.29, 1.82) is 0 Å². The van der Waals surface area contributed by atoms with E-state index >= 15 is 0 Å². The fourth-order valence-corrected chi connectivity index (χ4v) is 0.896. The topological polar surface area (TPSA) is 46.2 Å². The lowest BCUT2D eigenvalue weighted by atomic mass is 10.2. The molecule has 0 amide bonds. The Hall–Kier alpha value is -0.600. The minimum atomic E-state index is 0. The number of hydrogen-bond acceptors (Lipinski definition) is 2. The maximum absolute atomic E-state index is 9.09. The predicted octanol–water partition coefficient (Wildman–Crippen LogP) is 2.36. The fourth-order valence-electron chi connectivity index (χ4n) is 0.677. The normalized spacial score (nSPS) is 8.91. The highest BCUT2D eigenvalue weighted by molar-refractivity contribution is 6.33. The van der Waals surface area contributed by atoms with Gasteiger partial charge < -0.3 is 10.8 Å². The molecule has 0 heterocycles. The Kier molecular flexibility index (Phi) is 3.49. The molecule has 0 aromatic heterocycles. The Balaban J connectivity index is 0.000001000. The molecule has 4 heteroatoms. The van der Waals surface area contributed by atoms with Crippen LogP contribution in [0.5, 0.6) is 5.75 Å². The first-order valence-electron chi connectivity index (χ1n) is 2.86. The minimum absolute atomic E-state index is 0. The number of nitrogens with two attached hydrogens (primary N) is 1. The van der Waals surface area contributed by atoms with Gasteiger partial charge in [0.15, 0.2) is 0 Å². The molecule has 0 aliphatic heterocycles. The van der Waals surface area contributed by atoms with Crippen LogP contribution in [-0.4, -0.2) is 5.11 Å². The van der Waals surface area contributed by atoms with Gasteiger partial charge in [-0.2, -0.15) is 0 Å². The summed E-state index contributed by atoms with van der Waals surface area (Å²) in [5.41, 5.74) is 6.54. The van der Waals surface area contributed by atoms with Crippen molar-refractivity contribution >= 4 is 29.7 Å². The standard InChI is InChI=1S/C7H8ClNO.ClH/c1-4-2-5(8)6(9)3-7(4)10;/h2-3,10H,9H2,1H3;1H. The molecule has 0 bridgehead atoms. The number of phenolic OH excluding ortho intramolecular Hbond substituents is 1. The summed E-state index contributed by atoms with van der Waals surface area (Å²) in [6, 6.07) is 3.07. The number of phenols is 1. The van der Waals surface area contributed by atoms with Crippen LogP contribution < -0.4 is 5.73 Å². The zero-order valence-corrected chi connectivity index (χ0v) is 7.54. The Bertz CT molecular complexity index is 213. The number of aromatic hydroxyl groups is 1. The van der Waals surface area contributed by atoms with Crippen LogP contribution >= 0.6 is 24.0 Å². The quantitative estimate of drug-likeness (QED) is 0.622. The van der Waals surface area contributed by atoms with E-state index in [9.17, 15) is 0 Å². The molecular formula is C7H9Cl2NO. The summed E-state index contributed by atoms with van der Waals surface area (Å²) in [4.78, 5) is 0. The van der Waals surface area contributed by atoms with Crippen molar-refractivity contribution in [3.63, 3.8) is 0 Å². The third-order valence-corrected chi connectivity index (χ3v) is 1.64. The molecule has 1 aromatic rings. The molecule has 0 saturated carbocycles. The molecule has 0 aliphatic carbocycles. The van der Waals surface area contributed by atoms with Gasteiger partial charge in [-0.25, -0.2) is 0 Å². The molecule has 3 N–H and O–H groups in total. The summed E-state index contributed by atoms with van der Waals surface area (Å²) in [5.74, 6) is 0.182. The smallest absolute Gasteiger partial charge is 0.120 e. The summed E-state index contributed by atoms with van der Waals surface area (Å²) in [5, 5.41) is 9.57. The van der Waals surface area contributed by atoms with E-state index in [1.807, 2.05) is 0 Å². The minimum Gasteiger partial charge on any atom is -0.508 e. The molecular weight excluding hydrogens is 185 g/mol. The largest absolute Gasteiger partial charge is 0.508 e. The lowest BCUT2D eigenvalue weighted by Crippen LogP contribution is -1.86. The van der Waals surface area contributed by atoms with Gasteiger partial charge >= 0.3 is 0 Å². The summed E-state index contributed by atoms with van der Waals surface area (Å²) >= 11 is 5.65. The first-order chi connectivity index (χ1) is 4.61. The molecule has 11 heavy (non-hydrogen) atoms. The van der Waals surface area contributed by atoms with Crippen LogP contribution in [0.2, 0.25) is 5.02 Å². The van der Waals surface area contributed by atoms with Gasteiger partial charge in [0.2, 0.25) is 0 Å². The van der Waals surface area contributed by atoms with E-state index in [2.05, 4.69) is 0 Å². The lowest BCUT2D eigenvalue weighted by Gasteiger charge is -2.01. The first kappa shape index (κ1) is 10.4. The molecule has 2 nitrogen and oxygen atoms in total. The summed E-state index contributed by atoms with van der Waals surface area (Å²) in [7, 11) is 0. The van der Waals surface area contributed by atoms with Gasteiger partial charge in [0.25, 0.3) is 0 Å². The predicted molar refractivity (Wildman–Crippen MR) is 49.5 cm³/mol. The van der Waals surface area contributed by atoms with Crippen molar-refractivity contribution in [2.45, 2.75) is 6.92 Å². The Morgan fingerprint density at radius 3 is 2.45 bits per heavy atom. The van der Waals surface area contributed by atoms with Crippen LogP contribution in [0.1, 0.15) is 5.56 Å². The van der Waals surface area contributed by atoms with E-state index < -0.39 is 0 Å². The van der Waals surface area contributed by atoms with Crippen LogP contribution in [0, 0.1) is 6.92 Å². The number of nitrogen functional groups attached to an aromatic ring is 1. The van der Waals surface area contributed by atoms with E-state index in [0.717, 1.165) is 5.56 Å². The molecule has 1 aromatic carbocycles. The molecule has 0 fully saturated rings. The third-order valence-electron chi connectivity index (χ3n) is 1.32. The van der Waals surface area contributed by atoms with Crippen molar-refractivity contribution in [3.05, 3.63) is 22.7 Å². The van der Waals surface area contributed by atoms with Crippen LogP contribution in [-0.2, 0) is 0 Å². The van der Waals surface area contributed by atoms with E-state index in [1.54, 1.807) is 13.0 Å². The highest BCUT2D eigenvalue weighted by atomic mass is 35.5. The monoisotopic (exact) mass is 193 g/mol. The number of rotatable bonds is 0. The Morgan fingerprint density at radius 2 is 2.00 bits per heavy atom. The maximum atomic E-state index is 9.09. The summed E-state index contributed by atoms with van der Waals surface area (Å²) in [6.45, 7) is 1.76. The second-order valence-corrected chi connectivity index (χ2v) is 2.57. The molecule has 0 aliphatic rings. The number of aryl methyl sites for hydroxylation is 1. The van der Waals surface area contributed by atoms with Crippen molar-refractivity contribution in [1.82, 2.24) is 0 Å². The Morgan fingerprint density at radius 1 is 1.45 bits per heavy atom. The fraction of sp³-hybridized carbons (Fsp3) is 0.143. The number of benzene rings is 1. The molecule has 0 atom stereocenters. The molecule has 0 radical (unpaired) electrons. The van der Waals surface area contributed by atoms with Gasteiger partial charge in [0.05, 0.1) is 10.7 Å². The third kappa shape index (κ3) is 2.17. The van der Waals surface area contributed by atoms with E-state index in [1.165, 1.54) is 6.07 Å². The van der Waals surface area contributed by atoms with Crippen molar-refractivity contribution in [2.24, 2.45) is 0 Å². The van der Waals surface area contributed by atoms with E-state index in [-0.39, 0.29) is 18.2 Å². The first-order valence-corrected chi connectivity index (χ1v) is 3.23.